The van der Waals surface area contributed by atoms with Crippen LogP contribution in [0.25, 0.3) is 11.3 Å². The van der Waals surface area contributed by atoms with E-state index in [-0.39, 0.29) is 18.4 Å². The molecule has 2 heterocycles. The third kappa shape index (κ3) is 6.98. The van der Waals surface area contributed by atoms with Crippen molar-refractivity contribution >= 4 is 17.8 Å². The van der Waals surface area contributed by atoms with Crippen LogP contribution in [0.4, 0.5) is 0 Å². The molecule has 28 heavy (non-hydrogen) atoms. The van der Waals surface area contributed by atoms with Crippen LogP contribution in [0.5, 0.6) is 5.88 Å². The van der Waals surface area contributed by atoms with Crippen LogP contribution >= 0.6 is 0 Å². The number of esters is 1. The second-order valence-corrected chi connectivity index (χ2v) is 6.27. The minimum atomic E-state index is -0.833. The number of carboxylic acids is 1. The standard InChI is InChI=1S/C16H19N5O3.C2H4O2/c1-16(2,15(22)23-3)9-24-13-8-20-12(7-21-13)10-4-5-11(14(17)18)19-6-10;1-2(3)4/h4-8H,9H2,1-3H3,(H3,17,18);1H3,(H,3,4). The van der Waals surface area contributed by atoms with Gasteiger partial charge in [0.2, 0.25) is 5.88 Å². The Morgan fingerprint density at radius 2 is 1.82 bits per heavy atom. The number of hydrogen-bond donors (Lipinski definition) is 3. The quantitative estimate of drug-likeness (QED) is 0.377. The molecule has 2 rings (SSSR count). The van der Waals surface area contributed by atoms with Crippen LogP contribution in [-0.2, 0) is 14.3 Å². The normalized spacial score (nSPS) is 10.3. The first-order chi connectivity index (χ1) is 13.1. The van der Waals surface area contributed by atoms with E-state index < -0.39 is 11.4 Å². The maximum Gasteiger partial charge on any atom is 0.314 e. The lowest BCUT2D eigenvalue weighted by molar-refractivity contribution is -0.152. The van der Waals surface area contributed by atoms with Gasteiger partial charge in [0.15, 0.2) is 0 Å². The molecule has 0 aliphatic carbocycles. The lowest BCUT2D eigenvalue weighted by Crippen LogP contribution is -2.32. The van der Waals surface area contributed by atoms with Crippen LogP contribution < -0.4 is 10.5 Å². The second kappa shape index (κ2) is 9.95. The molecule has 2 aromatic heterocycles. The van der Waals surface area contributed by atoms with Gasteiger partial charge >= 0.3 is 5.97 Å². The Hall–Kier alpha value is -3.56. The number of hydrogen-bond acceptors (Lipinski definition) is 8. The van der Waals surface area contributed by atoms with Crippen LogP contribution in [0.1, 0.15) is 26.5 Å². The van der Waals surface area contributed by atoms with Crippen molar-refractivity contribution in [2.45, 2.75) is 20.8 Å². The number of rotatable bonds is 6. The first-order valence-electron chi connectivity index (χ1n) is 8.10. The fraction of sp³-hybridized carbons (Fsp3) is 0.333. The number of carbonyl (C=O) groups excluding carboxylic acids is 1. The number of pyridine rings is 1. The molecule has 0 radical (unpaired) electrons. The highest BCUT2D eigenvalue weighted by Gasteiger charge is 2.29. The molecule has 0 unspecified atom stereocenters. The molecule has 0 fully saturated rings. The van der Waals surface area contributed by atoms with Gasteiger partial charge in [-0.3, -0.25) is 20.0 Å². The molecule has 0 spiro atoms. The van der Waals surface area contributed by atoms with E-state index in [1.807, 2.05) is 0 Å². The van der Waals surface area contributed by atoms with Crippen LogP contribution in [0.3, 0.4) is 0 Å². The number of methoxy groups -OCH3 is 1. The molecule has 150 valence electrons. The SMILES string of the molecule is CC(=O)O.COC(=O)C(C)(C)COc1cnc(-c2ccc(C(=N)N)nc2)cn1. The van der Waals surface area contributed by atoms with Gasteiger partial charge in [-0.15, -0.1) is 0 Å². The highest BCUT2D eigenvalue weighted by molar-refractivity contribution is 5.93. The number of aromatic nitrogens is 3. The molecule has 0 saturated carbocycles. The van der Waals surface area contributed by atoms with Crippen LogP contribution in [0.2, 0.25) is 0 Å². The number of nitrogen functional groups attached to an aromatic ring is 1. The third-order valence-electron chi connectivity index (χ3n) is 3.28. The summed E-state index contributed by atoms with van der Waals surface area (Å²) in [5.41, 5.74) is 6.34. The Kier molecular flexibility index (Phi) is 7.99. The Morgan fingerprint density at radius 1 is 1.18 bits per heavy atom. The number of nitrogens with one attached hydrogen (secondary N) is 1. The Morgan fingerprint density at radius 3 is 2.25 bits per heavy atom. The molecule has 10 nitrogen and oxygen atoms in total. The van der Waals surface area contributed by atoms with Gasteiger partial charge in [-0.2, -0.15) is 0 Å². The summed E-state index contributed by atoms with van der Waals surface area (Å²) in [7, 11) is 1.34. The second-order valence-electron chi connectivity index (χ2n) is 6.27. The molecular formula is C18H23N5O5. The topological polar surface area (TPSA) is 161 Å². The predicted octanol–water partition coefficient (Wildman–Crippen LogP) is 1.49. The fourth-order valence-corrected chi connectivity index (χ4v) is 1.83. The average molecular weight is 389 g/mol. The van der Waals surface area contributed by atoms with Gasteiger partial charge in [0.05, 0.1) is 30.6 Å². The van der Waals surface area contributed by atoms with Gasteiger partial charge in [0.1, 0.15) is 18.1 Å². The number of ether oxygens (including phenoxy) is 2. The van der Waals surface area contributed by atoms with Crippen molar-refractivity contribution in [3.05, 3.63) is 36.4 Å². The van der Waals surface area contributed by atoms with Crippen molar-refractivity contribution in [2.75, 3.05) is 13.7 Å². The molecule has 0 saturated heterocycles. The monoisotopic (exact) mass is 389 g/mol. The van der Waals surface area contributed by atoms with Crippen molar-refractivity contribution in [3.63, 3.8) is 0 Å². The van der Waals surface area contributed by atoms with E-state index in [2.05, 4.69) is 15.0 Å². The van der Waals surface area contributed by atoms with E-state index in [1.54, 1.807) is 38.4 Å². The van der Waals surface area contributed by atoms with Crippen molar-refractivity contribution in [1.82, 2.24) is 15.0 Å². The number of nitrogens with zero attached hydrogens (tertiary/aromatic N) is 3. The zero-order valence-corrected chi connectivity index (χ0v) is 16.1. The molecule has 0 amide bonds. The van der Waals surface area contributed by atoms with Crippen molar-refractivity contribution < 1.29 is 24.2 Å². The average Bonchev–Trinajstić information content (AvgIpc) is 2.65. The predicted molar refractivity (Wildman–Crippen MR) is 101 cm³/mol. The Labute approximate surface area is 162 Å². The van der Waals surface area contributed by atoms with Crippen molar-refractivity contribution in [2.24, 2.45) is 11.1 Å². The summed E-state index contributed by atoms with van der Waals surface area (Å²) in [5.74, 6) is -0.975. The van der Waals surface area contributed by atoms with Gasteiger partial charge < -0.3 is 20.3 Å². The molecule has 0 aliphatic rings. The number of nitrogens with two attached hydrogens (primary N) is 1. The molecule has 0 atom stereocenters. The Bertz CT molecular complexity index is 815. The zero-order valence-electron chi connectivity index (χ0n) is 16.1. The molecule has 0 aliphatic heterocycles. The van der Waals surface area contributed by atoms with Crippen LogP contribution in [0, 0.1) is 10.8 Å². The summed E-state index contributed by atoms with van der Waals surface area (Å²) >= 11 is 0. The third-order valence-corrected chi connectivity index (χ3v) is 3.28. The minimum Gasteiger partial charge on any atom is -0.481 e. The zero-order chi connectivity index (χ0) is 21.3. The fourth-order valence-electron chi connectivity index (χ4n) is 1.83. The lowest BCUT2D eigenvalue weighted by atomic mass is 9.95. The summed E-state index contributed by atoms with van der Waals surface area (Å²) in [6, 6.07) is 3.40. The highest BCUT2D eigenvalue weighted by atomic mass is 16.5. The van der Waals surface area contributed by atoms with Gasteiger partial charge in [-0.1, -0.05) is 0 Å². The van der Waals surface area contributed by atoms with Gasteiger partial charge in [-0.25, -0.2) is 9.97 Å². The lowest BCUT2D eigenvalue weighted by Gasteiger charge is -2.21. The van der Waals surface area contributed by atoms with Crippen molar-refractivity contribution in [3.8, 4) is 17.1 Å². The molecule has 0 aromatic carbocycles. The van der Waals surface area contributed by atoms with E-state index in [4.69, 9.17) is 30.5 Å². The maximum atomic E-state index is 11.6. The van der Waals surface area contributed by atoms with E-state index in [0.29, 0.717) is 17.3 Å². The Balaban J connectivity index is 0.000000892. The van der Waals surface area contributed by atoms with E-state index in [1.165, 1.54) is 13.3 Å². The highest BCUT2D eigenvalue weighted by Crippen LogP contribution is 2.20. The number of carboxylic acid groups (broad SMARTS) is 1. The molecule has 4 N–H and O–H groups in total. The largest absolute Gasteiger partial charge is 0.481 e. The summed E-state index contributed by atoms with van der Waals surface area (Å²) in [5, 5.41) is 14.7. The molecular weight excluding hydrogens is 366 g/mol. The van der Waals surface area contributed by atoms with E-state index in [0.717, 1.165) is 12.5 Å². The first kappa shape index (κ1) is 22.5. The van der Waals surface area contributed by atoms with Crippen LogP contribution in [-0.4, -0.2) is 51.5 Å². The van der Waals surface area contributed by atoms with Gasteiger partial charge in [0, 0.05) is 18.7 Å². The van der Waals surface area contributed by atoms with Crippen molar-refractivity contribution in [1.29, 1.82) is 5.41 Å². The molecule has 2 aromatic rings. The van der Waals surface area contributed by atoms with E-state index in [9.17, 15) is 4.79 Å². The summed E-state index contributed by atoms with van der Waals surface area (Å²) in [4.78, 5) is 33.1. The number of carbonyl (C=O) groups is 2. The van der Waals surface area contributed by atoms with Gasteiger partial charge in [-0.05, 0) is 26.0 Å². The van der Waals surface area contributed by atoms with Crippen LogP contribution in [0.15, 0.2) is 30.7 Å². The maximum absolute atomic E-state index is 11.6. The number of aliphatic carboxylic acids is 1. The smallest absolute Gasteiger partial charge is 0.314 e. The van der Waals surface area contributed by atoms with E-state index >= 15 is 0 Å². The summed E-state index contributed by atoms with van der Waals surface area (Å²) in [6.07, 6.45) is 4.59. The summed E-state index contributed by atoms with van der Waals surface area (Å²) in [6.45, 7) is 4.66. The number of amidine groups is 1. The van der Waals surface area contributed by atoms with Gasteiger partial charge in [0.25, 0.3) is 5.97 Å². The summed E-state index contributed by atoms with van der Waals surface area (Å²) < 4.78 is 10.2. The first-order valence-corrected chi connectivity index (χ1v) is 8.10. The molecule has 0 bridgehead atoms. The molecule has 10 heteroatoms. The minimum absolute atomic E-state index is 0.0930.